The van der Waals surface area contributed by atoms with Gasteiger partial charge in [-0.1, -0.05) is 24.3 Å². The van der Waals surface area contributed by atoms with Crippen molar-refractivity contribution in [2.24, 2.45) is 0 Å². The van der Waals surface area contributed by atoms with Gasteiger partial charge in [0.2, 0.25) is 0 Å². The van der Waals surface area contributed by atoms with Gasteiger partial charge in [0.15, 0.2) is 5.78 Å². The Balaban J connectivity index is 1.78. The minimum Gasteiger partial charge on any atom is -0.322 e. The topological polar surface area (TPSA) is 46.2 Å². The summed E-state index contributed by atoms with van der Waals surface area (Å²) in [5.74, 6) is -0.300. The molecule has 140 valence electrons. The van der Waals surface area contributed by atoms with E-state index >= 15 is 0 Å². The van der Waals surface area contributed by atoms with Crippen molar-refractivity contribution in [3.05, 3.63) is 70.3 Å². The van der Waals surface area contributed by atoms with Gasteiger partial charge in [-0.25, -0.2) is 0 Å². The summed E-state index contributed by atoms with van der Waals surface area (Å²) >= 11 is 0. The van der Waals surface area contributed by atoms with Crippen LogP contribution in [0.5, 0.6) is 0 Å². The first-order valence-corrected chi connectivity index (χ1v) is 8.57. The summed E-state index contributed by atoms with van der Waals surface area (Å²) in [6, 6.07) is 9.76. The highest BCUT2D eigenvalue weighted by Crippen LogP contribution is 2.25. The maximum Gasteiger partial charge on any atom is 0.409 e. The second-order valence-corrected chi connectivity index (χ2v) is 6.55. The molecule has 3 nitrogen and oxygen atoms in total. The second-order valence-electron chi connectivity index (χ2n) is 6.55. The first-order chi connectivity index (χ1) is 12.7. The molecule has 3 rings (SSSR count). The first kappa shape index (κ1) is 18.9. The van der Waals surface area contributed by atoms with Gasteiger partial charge in [0.1, 0.15) is 0 Å². The maximum atomic E-state index is 12.5. The number of ketones is 1. The predicted molar refractivity (Wildman–Crippen MR) is 97.9 cm³/mol. The van der Waals surface area contributed by atoms with Gasteiger partial charge in [0.25, 0.3) is 5.91 Å². The van der Waals surface area contributed by atoms with E-state index in [2.05, 4.69) is 5.32 Å². The van der Waals surface area contributed by atoms with Crippen LogP contribution < -0.4 is 5.32 Å². The number of fused-ring (bicyclic) bond motifs is 1. The third kappa shape index (κ3) is 4.64. The Morgan fingerprint density at radius 3 is 2.59 bits per heavy atom. The second kappa shape index (κ2) is 7.39. The molecule has 1 aliphatic rings. The zero-order valence-corrected chi connectivity index (χ0v) is 14.7. The Morgan fingerprint density at radius 2 is 1.89 bits per heavy atom. The molecular weight excluding hydrogens is 355 g/mol. The molecule has 0 atom stereocenters. The Bertz CT molecular complexity index is 930. The van der Waals surface area contributed by atoms with E-state index in [4.69, 9.17) is 0 Å². The summed E-state index contributed by atoms with van der Waals surface area (Å²) in [4.78, 5) is 24.5. The van der Waals surface area contributed by atoms with Crippen LogP contribution in [0.15, 0.2) is 42.5 Å². The number of alkyl halides is 3. The molecule has 0 saturated heterocycles. The van der Waals surface area contributed by atoms with Gasteiger partial charge in [-0.05, 0) is 54.7 Å². The Hall–Kier alpha value is -2.89. The molecule has 1 amide bonds. The van der Waals surface area contributed by atoms with E-state index < -0.39 is 6.18 Å². The van der Waals surface area contributed by atoms with Crippen molar-refractivity contribution in [3.63, 3.8) is 0 Å². The normalized spacial score (nSPS) is 14.3. The maximum absolute atomic E-state index is 12.5. The molecule has 6 heteroatoms. The predicted octanol–water partition coefficient (Wildman–Crippen LogP) is 5.34. The lowest BCUT2D eigenvalue weighted by Gasteiger charge is -2.16. The van der Waals surface area contributed by atoms with Crippen molar-refractivity contribution in [2.75, 3.05) is 5.32 Å². The molecule has 0 aromatic heterocycles. The number of rotatable bonds is 3. The van der Waals surface area contributed by atoms with E-state index in [-0.39, 0.29) is 17.8 Å². The molecule has 0 fully saturated rings. The Morgan fingerprint density at radius 1 is 1.11 bits per heavy atom. The number of carbonyl (C=O) groups excluding carboxylic acids is 2. The number of aryl methyl sites for hydroxylation is 2. The molecular formula is C21H18F3NO2. The number of Topliss-reactive ketones (excluding diaryl/α,β-unsaturated/α-hetero) is 1. The van der Waals surface area contributed by atoms with Gasteiger partial charge in [0, 0.05) is 29.3 Å². The first-order valence-electron chi connectivity index (χ1n) is 8.57. The third-order valence-corrected chi connectivity index (χ3v) is 4.48. The highest BCUT2D eigenvalue weighted by Gasteiger charge is 2.22. The van der Waals surface area contributed by atoms with Crippen molar-refractivity contribution >= 4 is 23.5 Å². The van der Waals surface area contributed by atoms with Crippen molar-refractivity contribution in [1.29, 1.82) is 0 Å². The highest BCUT2D eigenvalue weighted by atomic mass is 19.4. The van der Waals surface area contributed by atoms with E-state index in [9.17, 15) is 22.8 Å². The Labute approximate surface area is 154 Å². The van der Waals surface area contributed by atoms with Gasteiger partial charge >= 0.3 is 6.18 Å². The molecule has 2 aromatic carbocycles. The smallest absolute Gasteiger partial charge is 0.322 e. The van der Waals surface area contributed by atoms with Crippen LogP contribution in [0.4, 0.5) is 18.9 Å². The average molecular weight is 373 g/mol. The standard InChI is InChI=1S/C21H18F3NO2/c1-13-11-14(9-10-21(22,23)24)5-8-17(13)20(27)25-16-7-6-15-3-2-4-19(26)18(15)12-16/h5-12H,2-4H2,1H3,(H,25,27). The zero-order chi connectivity index (χ0) is 19.6. The molecule has 0 spiro atoms. The van der Waals surface area contributed by atoms with Gasteiger partial charge < -0.3 is 5.32 Å². The summed E-state index contributed by atoms with van der Waals surface area (Å²) < 4.78 is 36.8. The lowest BCUT2D eigenvalue weighted by molar-refractivity contribution is -0.0790. The van der Waals surface area contributed by atoms with Crippen LogP contribution in [-0.2, 0) is 6.42 Å². The number of amides is 1. The van der Waals surface area contributed by atoms with E-state index in [1.165, 1.54) is 18.2 Å². The molecule has 0 aliphatic heterocycles. The minimum atomic E-state index is -4.38. The fourth-order valence-corrected chi connectivity index (χ4v) is 3.14. The number of hydrogen-bond acceptors (Lipinski definition) is 2. The monoisotopic (exact) mass is 373 g/mol. The quantitative estimate of drug-likeness (QED) is 0.789. The van der Waals surface area contributed by atoms with Crippen molar-refractivity contribution in [1.82, 2.24) is 0 Å². The van der Waals surface area contributed by atoms with E-state index in [0.29, 0.717) is 34.4 Å². The van der Waals surface area contributed by atoms with Crippen LogP contribution >= 0.6 is 0 Å². The van der Waals surface area contributed by atoms with Gasteiger partial charge in [-0.3, -0.25) is 9.59 Å². The van der Waals surface area contributed by atoms with Crippen LogP contribution in [0.2, 0.25) is 0 Å². The van der Waals surface area contributed by atoms with E-state index in [0.717, 1.165) is 24.5 Å². The number of benzene rings is 2. The van der Waals surface area contributed by atoms with Gasteiger partial charge in [-0.2, -0.15) is 13.2 Å². The number of carbonyl (C=O) groups is 2. The Kier molecular flexibility index (Phi) is 5.17. The van der Waals surface area contributed by atoms with Crippen LogP contribution in [0, 0.1) is 6.92 Å². The number of hydrogen-bond donors (Lipinski definition) is 1. The fraction of sp³-hybridized carbons (Fsp3) is 0.238. The molecule has 2 aromatic rings. The molecule has 0 heterocycles. The van der Waals surface area contributed by atoms with Crippen LogP contribution in [0.3, 0.4) is 0 Å². The van der Waals surface area contributed by atoms with Crippen LogP contribution in [0.1, 0.15) is 50.2 Å². The van der Waals surface area contributed by atoms with Gasteiger partial charge in [0.05, 0.1) is 0 Å². The van der Waals surface area contributed by atoms with Gasteiger partial charge in [-0.15, -0.1) is 0 Å². The van der Waals surface area contributed by atoms with E-state index in [1.54, 1.807) is 19.1 Å². The largest absolute Gasteiger partial charge is 0.409 e. The minimum absolute atomic E-state index is 0.0735. The number of nitrogens with one attached hydrogen (secondary N) is 1. The lowest BCUT2D eigenvalue weighted by atomic mass is 9.90. The highest BCUT2D eigenvalue weighted by molar-refractivity contribution is 6.06. The summed E-state index contributed by atoms with van der Waals surface area (Å²) in [5, 5.41) is 2.76. The third-order valence-electron chi connectivity index (χ3n) is 4.48. The number of halogens is 3. The zero-order valence-electron chi connectivity index (χ0n) is 14.7. The average Bonchev–Trinajstić information content (AvgIpc) is 2.60. The molecule has 0 radical (unpaired) electrons. The van der Waals surface area contributed by atoms with Crippen LogP contribution in [-0.4, -0.2) is 17.9 Å². The molecule has 0 bridgehead atoms. The summed E-state index contributed by atoms with van der Waals surface area (Å²) in [5.41, 5.74) is 3.44. The van der Waals surface area contributed by atoms with Crippen LogP contribution in [0.25, 0.3) is 6.08 Å². The molecule has 27 heavy (non-hydrogen) atoms. The molecule has 0 unspecified atom stereocenters. The molecule has 0 saturated carbocycles. The van der Waals surface area contributed by atoms with Crippen molar-refractivity contribution < 1.29 is 22.8 Å². The van der Waals surface area contributed by atoms with E-state index in [1.807, 2.05) is 6.07 Å². The summed E-state index contributed by atoms with van der Waals surface area (Å²) in [6.45, 7) is 1.66. The lowest BCUT2D eigenvalue weighted by Crippen LogP contribution is -2.15. The summed E-state index contributed by atoms with van der Waals surface area (Å²) in [7, 11) is 0. The number of allylic oxidation sites excluding steroid dienone is 1. The van der Waals surface area contributed by atoms with Crippen molar-refractivity contribution in [2.45, 2.75) is 32.4 Å². The molecule has 1 N–H and O–H groups in total. The van der Waals surface area contributed by atoms with Crippen molar-refractivity contribution in [3.8, 4) is 0 Å². The fourth-order valence-electron chi connectivity index (χ4n) is 3.14. The number of anilines is 1. The SMILES string of the molecule is Cc1cc(C=CC(F)(F)F)ccc1C(=O)Nc1ccc2c(c1)C(=O)CCC2. The molecule has 1 aliphatic carbocycles. The summed E-state index contributed by atoms with van der Waals surface area (Å²) in [6.07, 6.45) is -1.06.